The van der Waals surface area contributed by atoms with Crippen LogP contribution < -0.4 is 11.1 Å². The van der Waals surface area contributed by atoms with E-state index in [4.69, 9.17) is 5.73 Å². The fraction of sp³-hybridized carbons (Fsp3) is 0.0714. The monoisotopic (exact) mass is 242 g/mol. The van der Waals surface area contributed by atoms with Crippen molar-refractivity contribution in [3.8, 4) is 5.75 Å². The van der Waals surface area contributed by atoms with E-state index in [-0.39, 0.29) is 23.8 Å². The van der Waals surface area contributed by atoms with E-state index in [1.165, 1.54) is 6.07 Å². The zero-order valence-electron chi connectivity index (χ0n) is 9.76. The molecule has 2 rings (SSSR count). The third-order valence-corrected chi connectivity index (χ3v) is 2.58. The molecule has 0 aliphatic carbocycles. The van der Waals surface area contributed by atoms with Crippen LogP contribution in [-0.4, -0.2) is 17.4 Å². The normalized spacial score (nSPS) is 10.0. The summed E-state index contributed by atoms with van der Waals surface area (Å²) >= 11 is 0. The largest absolute Gasteiger partial charge is 0.506 e. The van der Waals surface area contributed by atoms with Gasteiger partial charge in [-0.15, -0.1) is 0 Å². The van der Waals surface area contributed by atoms with E-state index < -0.39 is 0 Å². The molecule has 0 radical (unpaired) electrons. The first-order valence-electron chi connectivity index (χ1n) is 5.57. The summed E-state index contributed by atoms with van der Waals surface area (Å²) in [7, 11) is 0. The summed E-state index contributed by atoms with van der Waals surface area (Å²) in [6, 6.07) is 13.8. The van der Waals surface area contributed by atoms with Gasteiger partial charge in [0, 0.05) is 11.3 Å². The van der Waals surface area contributed by atoms with Gasteiger partial charge in [-0.05, 0) is 18.2 Å². The lowest BCUT2D eigenvalue weighted by Crippen LogP contribution is -2.13. The number of nitrogen functional groups attached to an aromatic ring is 1. The van der Waals surface area contributed by atoms with Gasteiger partial charge in [0.25, 0.3) is 0 Å². The number of nitrogens with two attached hydrogens (primary N) is 1. The molecule has 0 fully saturated rings. The van der Waals surface area contributed by atoms with Crippen LogP contribution in [0.15, 0.2) is 48.5 Å². The smallest absolute Gasteiger partial charge is 0.181 e. The standard InChI is InChI=1S/C14H14N2O2/c15-12-8-11(6-7-13(12)17)16-9-14(18)10-4-2-1-3-5-10/h1-8,16-17H,9,15H2. The Morgan fingerprint density at radius 1 is 1.17 bits per heavy atom. The number of carbonyl (C=O) groups is 1. The number of hydrogen-bond acceptors (Lipinski definition) is 4. The van der Waals surface area contributed by atoms with E-state index >= 15 is 0 Å². The van der Waals surface area contributed by atoms with Crippen LogP contribution in [-0.2, 0) is 0 Å². The van der Waals surface area contributed by atoms with Gasteiger partial charge >= 0.3 is 0 Å². The number of nitrogens with one attached hydrogen (secondary N) is 1. The molecule has 0 saturated heterocycles. The first-order chi connectivity index (χ1) is 8.66. The number of ketones is 1. The second-order valence-corrected chi connectivity index (χ2v) is 3.92. The number of anilines is 2. The average molecular weight is 242 g/mol. The van der Waals surface area contributed by atoms with Crippen molar-refractivity contribution in [2.75, 3.05) is 17.6 Å². The van der Waals surface area contributed by atoms with E-state index in [2.05, 4.69) is 5.32 Å². The quantitative estimate of drug-likeness (QED) is 0.333. The number of phenolic OH excluding ortho intramolecular Hbond substituents is 1. The molecule has 0 aliphatic rings. The molecule has 0 spiro atoms. The Kier molecular flexibility index (Phi) is 3.48. The molecule has 2 aromatic carbocycles. The molecule has 0 amide bonds. The minimum atomic E-state index is 0.00208. The maximum absolute atomic E-state index is 11.8. The van der Waals surface area contributed by atoms with Gasteiger partial charge in [-0.2, -0.15) is 0 Å². The molecule has 0 aliphatic heterocycles. The van der Waals surface area contributed by atoms with Gasteiger partial charge in [0.2, 0.25) is 0 Å². The van der Waals surface area contributed by atoms with Crippen molar-refractivity contribution < 1.29 is 9.90 Å². The van der Waals surface area contributed by atoms with Gasteiger partial charge in [0.15, 0.2) is 5.78 Å². The maximum Gasteiger partial charge on any atom is 0.181 e. The number of carbonyl (C=O) groups excluding carboxylic acids is 1. The minimum absolute atomic E-state index is 0.00208. The number of benzene rings is 2. The van der Waals surface area contributed by atoms with Crippen molar-refractivity contribution in [1.82, 2.24) is 0 Å². The van der Waals surface area contributed by atoms with Gasteiger partial charge in [-0.1, -0.05) is 30.3 Å². The van der Waals surface area contributed by atoms with Crippen molar-refractivity contribution in [3.63, 3.8) is 0 Å². The number of aromatic hydroxyl groups is 1. The summed E-state index contributed by atoms with van der Waals surface area (Å²) in [5.74, 6) is 0.0391. The molecule has 0 unspecified atom stereocenters. The highest BCUT2D eigenvalue weighted by Crippen LogP contribution is 2.23. The van der Waals surface area contributed by atoms with Crippen molar-refractivity contribution in [3.05, 3.63) is 54.1 Å². The third kappa shape index (κ3) is 2.79. The van der Waals surface area contributed by atoms with Crippen molar-refractivity contribution in [1.29, 1.82) is 0 Å². The lowest BCUT2D eigenvalue weighted by atomic mass is 10.1. The third-order valence-electron chi connectivity index (χ3n) is 2.58. The zero-order chi connectivity index (χ0) is 13.0. The van der Waals surface area contributed by atoms with Crippen molar-refractivity contribution in [2.24, 2.45) is 0 Å². The molecule has 18 heavy (non-hydrogen) atoms. The summed E-state index contributed by atoms with van der Waals surface area (Å²) in [6.07, 6.45) is 0. The Labute approximate surface area is 105 Å². The molecule has 0 bridgehead atoms. The molecule has 0 saturated carbocycles. The van der Waals surface area contributed by atoms with Crippen LogP contribution in [0.4, 0.5) is 11.4 Å². The van der Waals surface area contributed by atoms with Gasteiger partial charge in [-0.25, -0.2) is 0 Å². The molecule has 4 N–H and O–H groups in total. The van der Waals surface area contributed by atoms with E-state index in [1.807, 2.05) is 18.2 Å². The molecule has 4 nitrogen and oxygen atoms in total. The van der Waals surface area contributed by atoms with Crippen molar-refractivity contribution >= 4 is 17.2 Å². The lowest BCUT2D eigenvalue weighted by molar-refractivity contribution is 0.101. The maximum atomic E-state index is 11.8. The highest BCUT2D eigenvalue weighted by Gasteiger charge is 2.05. The SMILES string of the molecule is Nc1cc(NCC(=O)c2ccccc2)ccc1O. The highest BCUT2D eigenvalue weighted by molar-refractivity contribution is 5.98. The number of hydrogen-bond donors (Lipinski definition) is 3. The van der Waals surface area contributed by atoms with Gasteiger partial charge in [0.1, 0.15) is 5.75 Å². The second-order valence-electron chi connectivity index (χ2n) is 3.92. The van der Waals surface area contributed by atoms with Crippen LogP contribution in [0.3, 0.4) is 0 Å². The molecule has 0 aromatic heterocycles. The molecule has 0 heterocycles. The van der Waals surface area contributed by atoms with E-state index in [0.29, 0.717) is 11.3 Å². The van der Waals surface area contributed by atoms with E-state index in [9.17, 15) is 9.90 Å². The Bertz CT molecular complexity index is 553. The molecule has 4 heteroatoms. The number of phenols is 1. The van der Waals surface area contributed by atoms with Crippen LogP contribution in [0.2, 0.25) is 0 Å². The Morgan fingerprint density at radius 3 is 2.56 bits per heavy atom. The van der Waals surface area contributed by atoms with Crippen LogP contribution >= 0.6 is 0 Å². The summed E-state index contributed by atoms with van der Waals surface area (Å²) in [4.78, 5) is 11.8. The molecular weight excluding hydrogens is 228 g/mol. The summed E-state index contributed by atoms with van der Waals surface area (Å²) in [6.45, 7) is 0.189. The van der Waals surface area contributed by atoms with Crippen LogP contribution in [0.5, 0.6) is 5.75 Å². The Balaban J connectivity index is 1.99. The molecular formula is C14H14N2O2. The van der Waals surface area contributed by atoms with Crippen molar-refractivity contribution in [2.45, 2.75) is 0 Å². The first-order valence-corrected chi connectivity index (χ1v) is 5.57. The fourth-order valence-electron chi connectivity index (χ4n) is 1.57. The number of Topliss-reactive ketones (excluding diaryl/α,β-unsaturated/α-hetero) is 1. The highest BCUT2D eigenvalue weighted by atomic mass is 16.3. The zero-order valence-corrected chi connectivity index (χ0v) is 9.76. The second kappa shape index (κ2) is 5.23. The topological polar surface area (TPSA) is 75.3 Å². The predicted octanol–water partition coefficient (Wildman–Crippen LogP) is 2.27. The molecule has 0 atom stereocenters. The fourth-order valence-corrected chi connectivity index (χ4v) is 1.57. The van der Waals surface area contributed by atoms with Crippen LogP contribution in [0, 0.1) is 0 Å². The summed E-state index contributed by atoms with van der Waals surface area (Å²) in [5, 5.41) is 12.2. The van der Waals surface area contributed by atoms with E-state index in [0.717, 1.165) is 0 Å². The minimum Gasteiger partial charge on any atom is -0.506 e. The van der Waals surface area contributed by atoms with Crippen LogP contribution in [0.25, 0.3) is 0 Å². The Morgan fingerprint density at radius 2 is 1.89 bits per heavy atom. The first kappa shape index (κ1) is 12.0. The Hall–Kier alpha value is -2.49. The number of rotatable bonds is 4. The van der Waals surface area contributed by atoms with E-state index in [1.54, 1.807) is 24.3 Å². The predicted molar refractivity (Wildman–Crippen MR) is 71.8 cm³/mol. The summed E-state index contributed by atoms with van der Waals surface area (Å²) in [5.41, 5.74) is 7.21. The van der Waals surface area contributed by atoms with Gasteiger partial charge in [-0.3, -0.25) is 4.79 Å². The lowest BCUT2D eigenvalue weighted by Gasteiger charge is -2.07. The van der Waals surface area contributed by atoms with Gasteiger partial charge < -0.3 is 16.2 Å². The van der Waals surface area contributed by atoms with Crippen LogP contribution in [0.1, 0.15) is 10.4 Å². The molecule has 92 valence electrons. The van der Waals surface area contributed by atoms with Gasteiger partial charge in [0.05, 0.1) is 12.2 Å². The summed E-state index contributed by atoms with van der Waals surface area (Å²) < 4.78 is 0. The average Bonchev–Trinajstić information content (AvgIpc) is 2.41. The molecule has 2 aromatic rings.